The number of aromatic nitrogens is 2. The molecule has 0 aliphatic heterocycles. The van der Waals surface area contributed by atoms with E-state index in [2.05, 4.69) is 4.98 Å². The van der Waals surface area contributed by atoms with Crippen molar-refractivity contribution in [2.75, 3.05) is 6.61 Å². The third-order valence-electron chi connectivity index (χ3n) is 4.45. The number of benzene rings is 1. The minimum absolute atomic E-state index is 0.0427. The molecular weight excluding hydrogens is 384 g/mol. The number of hydrogen-bond acceptors (Lipinski definition) is 6. The minimum atomic E-state index is -0.517. The zero-order valence-electron chi connectivity index (χ0n) is 17.1. The Morgan fingerprint density at radius 1 is 1.07 bits per heavy atom. The molecular formula is C23H24N2O5. The first-order chi connectivity index (χ1) is 14.5. The molecule has 0 atom stereocenters. The molecule has 0 amide bonds. The standard InChI is InChI=1S/C23H24N2O5/c1-3-12-29-19-7-5-17(6-8-19)20(26)9-11-23(28)30-15-18-13-22(27)25-14-16(2)4-10-21(25)24-18/h4-8,10,13-14H,3,9,11-12,15H2,1-2H3. The first kappa shape index (κ1) is 21.2. The molecule has 0 unspecified atom stereocenters. The van der Waals surface area contributed by atoms with Crippen LogP contribution in [0.1, 0.15) is 47.8 Å². The Morgan fingerprint density at radius 2 is 1.83 bits per heavy atom. The number of hydrogen-bond donors (Lipinski definition) is 0. The van der Waals surface area contributed by atoms with Crippen molar-refractivity contribution >= 4 is 17.4 Å². The number of esters is 1. The van der Waals surface area contributed by atoms with Crippen molar-refractivity contribution in [1.29, 1.82) is 0 Å². The Balaban J connectivity index is 1.51. The van der Waals surface area contributed by atoms with E-state index >= 15 is 0 Å². The summed E-state index contributed by atoms with van der Waals surface area (Å²) in [4.78, 5) is 40.8. The number of Topliss-reactive ketones (excluding diaryl/α,β-unsaturated/α-hetero) is 1. The van der Waals surface area contributed by atoms with E-state index in [0.29, 0.717) is 29.3 Å². The van der Waals surface area contributed by atoms with Crippen LogP contribution in [0, 0.1) is 6.92 Å². The number of pyridine rings is 1. The largest absolute Gasteiger partial charge is 0.494 e. The second-order valence-electron chi connectivity index (χ2n) is 6.98. The van der Waals surface area contributed by atoms with E-state index in [-0.39, 0.29) is 30.8 Å². The van der Waals surface area contributed by atoms with E-state index in [0.717, 1.165) is 12.0 Å². The molecule has 0 saturated carbocycles. The molecule has 0 fully saturated rings. The van der Waals surface area contributed by atoms with Crippen molar-refractivity contribution in [3.8, 4) is 5.75 Å². The lowest BCUT2D eigenvalue weighted by Gasteiger charge is -2.07. The monoisotopic (exact) mass is 408 g/mol. The maximum absolute atomic E-state index is 12.3. The van der Waals surface area contributed by atoms with Crippen LogP contribution in [0.5, 0.6) is 5.75 Å². The molecule has 7 nitrogen and oxygen atoms in total. The molecule has 2 heterocycles. The van der Waals surface area contributed by atoms with Crippen molar-refractivity contribution in [3.05, 3.63) is 75.8 Å². The van der Waals surface area contributed by atoms with Crippen LogP contribution in [-0.4, -0.2) is 27.7 Å². The van der Waals surface area contributed by atoms with Gasteiger partial charge in [-0.15, -0.1) is 0 Å². The number of ketones is 1. The highest BCUT2D eigenvalue weighted by molar-refractivity contribution is 5.97. The van der Waals surface area contributed by atoms with Gasteiger partial charge in [0.15, 0.2) is 5.78 Å². The van der Waals surface area contributed by atoms with E-state index in [1.807, 2.05) is 19.9 Å². The van der Waals surface area contributed by atoms with E-state index in [1.54, 1.807) is 36.5 Å². The lowest BCUT2D eigenvalue weighted by atomic mass is 10.1. The van der Waals surface area contributed by atoms with Gasteiger partial charge in [0.1, 0.15) is 18.0 Å². The van der Waals surface area contributed by atoms with Crippen LogP contribution < -0.4 is 10.3 Å². The van der Waals surface area contributed by atoms with Crippen LogP contribution in [0.4, 0.5) is 0 Å². The summed E-state index contributed by atoms with van der Waals surface area (Å²) in [7, 11) is 0. The summed E-state index contributed by atoms with van der Waals surface area (Å²) in [6.07, 6.45) is 2.61. The van der Waals surface area contributed by atoms with Crippen molar-refractivity contribution in [1.82, 2.24) is 9.38 Å². The van der Waals surface area contributed by atoms with Gasteiger partial charge in [0.05, 0.1) is 18.7 Å². The fourth-order valence-corrected chi connectivity index (χ4v) is 2.88. The molecule has 0 saturated heterocycles. The van der Waals surface area contributed by atoms with Crippen LogP contribution in [0.2, 0.25) is 0 Å². The highest BCUT2D eigenvalue weighted by atomic mass is 16.5. The molecule has 3 aromatic rings. The molecule has 0 bridgehead atoms. The number of fused-ring (bicyclic) bond motifs is 1. The van der Waals surface area contributed by atoms with E-state index < -0.39 is 5.97 Å². The van der Waals surface area contributed by atoms with E-state index in [1.165, 1.54) is 10.5 Å². The normalized spacial score (nSPS) is 10.7. The first-order valence-corrected chi connectivity index (χ1v) is 9.87. The molecule has 0 aliphatic carbocycles. The van der Waals surface area contributed by atoms with Gasteiger partial charge in [-0.2, -0.15) is 0 Å². The number of carbonyl (C=O) groups excluding carboxylic acids is 2. The number of carbonyl (C=O) groups is 2. The number of aryl methyl sites for hydroxylation is 1. The van der Waals surface area contributed by atoms with Crippen molar-refractivity contribution in [2.24, 2.45) is 0 Å². The SMILES string of the molecule is CCCOc1ccc(C(=O)CCC(=O)OCc2cc(=O)n3cc(C)ccc3n2)cc1. The molecule has 0 spiro atoms. The van der Waals surface area contributed by atoms with Gasteiger partial charge in [-0.25, -0.2) is 4.98 Å². The van der Waals surface area contributed by atoms with Gasteiger partial charge in [0, 0.05) is 24.2 Å². The topological polar surface area (TPSA) is 87.0 Å². The Hall–Kier alpha value is -3.48. The fourth-order valence-electron chi connectivity index (χ4n) is 2.88. The summed E-state index contributed by atoms with van der Waals surface area (Å²) < 4.78 is 12.1. The molecule has 7 heteroatoms. The Bertz CT molecular complexity index is 1100. The maximum atomic E-state index is 12.3. The molecule has 2 aromatic heterocycles. The number of ether oxygens (including phenoxy) is 2. The van der Waals surface area contributed by atoms with Gasteiger partial charge in [-0.1, -0.05) is 13.0 Å². The van der Waals surface area contributed by atoms with Gasteiger partial charge in [0.25, 0.3) is 5.56 Å². The minimum Gasteiger partial charge on any atom is -0.494 e. The highest BCUT2D eigenvalue weighted by Gasteiger charge is 2.12. The smallest absolute Gasteiger partial charge is 0.306 e. The lowest BCUT2D eigenvalue weighted by molar-refractivity contribution is -0.145. The second kappa shape index (κ2) is 9.82. The molecule has 1 aromatic carbocycles. The zero-order valence-corrected chi connectivity index (χ0v) is 17.1. The molecule has 0 radical (unpaired) electrons. The van der Waals surface area contributed by atoms with Crippen LogP contribution in [-0.2, 0) is 16.1 Å². The molecule has 3 rings (SSSR count). The van der Waals surface area contributed by atoms with Crippen LogP contribution in [0.25, 0.3) is 5.65 Å². The Labute approximate surface area is 174 Å². The van der Waals surface area contributed by atoms with Crippen molar-refractivity contribution in [3.63, 3.8) is 0 Å². The van der Waals surface area contributed by atoms with Gasteiger partial charge in [-0.3, -0.25) is 18.8 Å². The average molecular weight is 408 g/mol. The van der Waals surface area contributed by atoms with Gasteiger partial charge in [0.2, 0.25) is 0 Å². The number of rotatable bonds is 9. The van der Waals surface area contributed by atoms with Crippen LogP contribution in [0.15, 0.2) is 53.5 Å². The summed E-state index contributed by atoms with van der Waals surface area (Å²) in [5.74, 6) is 0.0466. The third-order valence-corrected chi connectivity index (χ3v) is 4.45. The molecule has 156 valence electrons. The molecule has 0 aliphatic rings. The Morgan fingerprint density at radius 3 is 2.57 bits per heavy atom. The van der Waals surface area contributed by atoms with Gasteiger partial charge >= 0.3 is 5.97 Å². The van der Waals surface area contributed by atoms with Crippen LogP contribution >= 0.6 is 0 Å². The summed E-state index contributed by atoms with van der Waals surface area (Å²) in [6, 6.07) is 11.8. The predicted octanol–water partition coefficient (Wildman–Crippen LogP) is 3.50. The maximum Gasteiger partial charge on any atom is 0.306 e. The zero-order chi connectivity index (χ0) is 21.5. The fraction of sp³-hybridized carbons (Fsp3) is 0.304. The van der Waals surface area contributed by atoms with E-state index in [4.69, 9.17) is 9.47 Å². The van der Waals surface area contributed by atoms with Crippen molar-refractivity contribution < 1.29 is 19.1 Å². The summed E-state index contributed by atoms with van der Waals surface area (Å²) in [6.45, 7) is 4.41. The lowest BCUT2D eigenvalue weighted by Crippen LogP contribution is -2.17. The Kier molecular flexibility index (Phi) is 6.95. The average Bonchev–Trinajstić information content (AvgIpc) is 2.75. The molecule has 30 heavy (non-hydrogen) atoms. The quantitative estimate of drug-likeness (QED) is 0.398. The highest BCUT2D eigenvalue weighted by Crippen LogP contribution is 2.14. The third kappa shape index (κ3) is 5.53. The molecule has 0 N–H and O–H groups in total. The summed E-state index contributed by atoms with van der Waals surface area (Å²) >= 11 is 0. The van der Waals surface area contributed by atoms with E-state index in [9.17, 15) is 14.4 Å². The van der Waals surface area contributed by atoms with Gasteiger partial charge in [-0.05, 0) is 49.2 Å². The van der Waals surface area contributed by atoms with Gasteiger partial charge < -0.3 is 9.47 Å². The first-order valence-electron chi connectivity index (χ1n) is 9.87. The summed E-state index contributed by atoms with van der Waals surface area (Å²) in [5, 5.41) is 0. The second-order valence-corrected chi connectivity index (χ2v) is 6.98. The van der Waals surface area contributed by atoms with Crippen molar-refractivity contribution in [2.45, 2.75) is 39.7 Å². The predicted molar refractivity (Wildman–Crippen MR) is 112 cm³/mol. The number of nitrogens with zero attached hydrogens (tertiary/aromatic N) is 2. The summed E-state index contributed by atoms with van der Waals surface area (Å²) in [5.41, 5.74) is 2.08. The van der Waals surface area contributed by atoms with Crippen LogP contribution in [0.3, 0.4) is 0 Å².